The van der Waals surface area contributed by atoms with Crippen molar-refractivity contribution in [2.24, 2.45) is 16.3 Å². The van der Waals surface area contributed by atoms with E-state index in [1.165, 1.54) is 25.7 Å². The first-order valence-corrected chi connectivity index (χ1v) is 10.6. The van der Waals surface area contributed by atoms with Crippen LogP contribution in [0.5, 0.6) is 0 Å². The van der Waals surface area contributed by atoms with Gasteiger partial charge in [-0.1, -0.05) is 6.42 Å². The second kappa shape index (κ2) is 7.47. The minimum Gasteiger partial charge on any atom is -0.469 e. The zero-order chi connectivity index (χ0) is 18.1. The second-order valence-electron chi connectivity index (χ2n) is 8.54. The number of rotatable bonds is 5. The van der Waals surface area contributed by atoms with Crippen molar-refractivity contribution in [2.75, 3.05) is 26.4 Å². The molecule has 2 saturated carbocycles. The second-order valence-corrected chi connectivity index (χ2v) is 8.54. The van der Waals surface area contributed by atoms with Crippen LogP contribution in [-0.2, 0) is 15.9 Å². The minimum absolute atomic E-state index is 0.361. The standard InChI is InChI=1S/C21H31N3O3/c1-3-16(26-11-1)4-10-22-20(23-15-5-12-25-13-6-15)24-18-17-7-14-27-19(17)21(18)8-2-9-21/h1,3,11,15,17-19H,2,4-10,12-14H2,(H2,22,23,24). The van der Waals surface area contributed by atoms with Gasteiger partial charge in [0.2, 0.25) is 0 Å². The van der Waals surface area contributed by atoms with Crippen LogP contribution in [0.3, 0.4) is 0 Å². The molecule has 2 aliphatic heterocycles. The topological polar surface area (TPSA) is 68.0 Å². The molecule has 0 radical (unpaired) electrons. The van der Waals surface area contributed by atoms with Crippen molar-refractivity contribution < 1.29 is 13.9 Å². The fourth-order valence-corrected chi connectivity index (χ4v) is 5.50. The molecule has 0 amide bonds. The normalized spacial score (nSPS) is 32.6. The fourth-order valence-electron chi connectivity index (χ4n) is 5.50. The van der Waals surface area contributed by atoms with E-state index in [0.29, 0.717) is 29.5 Å². The predicted molar refractivity (Wildman–Crippen MR) is 103 cm³/mol. The van der Waals surface area contributed by atoms with E-state index in [0.717, 1.165) is 57.3 Å². The summed E-state index contributed by atoms with van der Waals surface area (Å²) in [5.41, 5.74) is 0.361. The molecule has 2 saturated heterocycles. The van der Waals surface area contributed by atoms with Gasteiger partial charge in [0.15, 0.2) is 5.96 Å². The van der Waals surface area contributed by atoms with Crippen LogP contribution >= 0.6 is 0 Å². The highest BCUT2D eigenvalue weighted by molar-refractivity contribution is 5.81. The third-order valence-electron chi connectivity index (χ3n) is 7.10. The van der Waals surface area contributed by atoms with Gasteiger partial charge >= 0.3 is 0 Å². The molecule has 5 rings (SSSR count). The van der Waals surface area contributed by atoms with E-state index in [1.807, 2.05) is 12.1 Å². The quantitative estimate of drug-likeness (QED) is 0.613. The van der Waals surface area contributed by atoms with Gasteiger partial charge in [-0.25, -0.2) is 0 Å². The van der Waals surface area contributed by atoms with Gasteiger partial charge in [-0.05, 0) is 44.2 Å². The smallest absolute Gasteiger partial charge is 0.191 e. The zero-order valence-electron chi connectivity index (χ0n) is 16.0. The Morgan fingerprint density at radius 2 is 2.04 bits per heavy atom. The van der Waals surface area contributed by atoms with Crippen LogP contribution in [0, 0.1) is 11.3 Å². The average molecular weight is 373 g/mol. The van der Waals surface area contributed by atoms with Gasteiger partial charge in [-0.15, -0.1) is 0 Å². The molecule has 0 aromatic carbocycles. The van der Waals surface area contributed by atoms with Gasteiger partial charge in [0.1, 0.15) is 5.76 Å². The lowest BCUT2D eigenvalue weighted by Gasteiger charge is -2.63. The first-order valence-electron chi connectivity index (χ1n) is 10.6. The lowest BCUT2D eigenvalue weighted by Crippen LogP contribution is -2.72. The van der Waals surface area contributed by atoms with Gasteiger partial charge in [0, 0.05) is 56.2 Å². The third kappa shape index (κ3) is 3.27. The molecule has 1 spiro atoms. The van der Waals surface area contributed by atoms with Crippen molar-refractivity contribution in [1.29, 1.82) is 0 Å². The molecule has 1 aromatic rings. The molecule has 27 heavy (non-hydrogen) atoms. The van der Waals surface area contributed by atoms with Gasteiger partial charge in [-0.3, -0.25) is 4.99 Å². The maximum absolute atomic E-state index is 6.07. The maximum Gasteiger partial charge on any atom is 0.191 e. The summed E-state index contributed by atoms with van der Waals surface area (Å²) in [6.45, 7) is 3.33. The van der Waals surface area contributed by atoms with Gasteiger partial charge in [-0.2, -0.15) is 0 Å². The predicted octanol–water partition coefficient (Wildman–Crippen LogP) is 2.49. The highest BCUT2D eigenvalue weighted by Gasteiger charge is 2.66. The Balaban J connectivity index is 1.27. The zero-order valence-corrected chi connectivity index (χ0v) is 16.0. The molecule has 1 aromatic heterocycles. The van der Waals surface area contributed by atoms with E-state index in [-0.39, 0.29) is 0 Å². The number of fused-ring (bicyclic) bond motifs is 2. The molecule has 2 aliphatic carbocycles. The fraction of sp³-hybridized carbons (Fsp3) is 0.762. The Kier molecular flexibility index (Phi) is 4.86. The highest BCUT2D eigenvalue weighted by Crippen LogP contribution is 2.62. The van der Waals surface area contributed by atoms with Crippen molar-refractivity contribution in [3.63, 3.8) is 0 Å². The maximum atomic E-state index is 6.07. The van der Waals surface area contributed by atoms with Crippen LogP contribution in [0.1, 0.15) is 44.3 Å². The molecule has 3 heterocycles. The van der Waals surface area contributed by atoms with E-state index in [1.54, 1.807) is 6.26 Å². The average Bonchev–Trinajstić information content (AvgIpc) is 3.30. The van der Waals surface area contributed by atoms with Crippen molar-refractivity contribution in [3.8, 4) is 0 Å². The molecular weight excluding hydrogens is 342 g/mol. The largest absolute Gasteiger partial charge is 0.469 e. The van der Waals surface area contributed by atoms with Crippen LogP contribution in [0.4, 0.5) is 0 Å². The lowest BCUT2D eigenvalue weighted by atomic mass is 9.46. The van der Waals surface area contributed by atoms with E-state index in [2.05, 4.69) is 10.6 Å². The minimum atomic E-state index is 0.361. The number of guanidine groups is 1. The summed E-state index contributed by atoms with van der Waals surface area (Å²) < 4.78 is 17.0. The first kappa shape index (κ1) is 17.6. The van der Waals surface area contributed by atoms with Crippen molar-refractivity contribution in [1.82, 2.24) is 10.6 Å². The van der Waals surface area contributed by atoms with Crippen LogP contribution in [0.2, 0.25) is 0 Å². The number of aliphatic imine (C=N–C) groups is 1. The number of hydrogen-bond donors (Lipinski definition) is 2. The van der Waals surface area contributed by atoms with Gasteiger partial charge in [0.25, 0.3) is 0 Å². The molecule has 6 heteroatoms. The Hall–Kier alpha value is -1.53. The van der Waals surface area contributed by atoms with E-state index < -0.39 is 0 Å². The Labute approximate surface area is 161 Å². The molecule has 4 aliphatic rings. The number of nitrogens with zero attached hydrogens (tertiary/aromatic N) is 1. The van der Waals surface area contributed by atoms with E-state index >= 15 is 0 Å². The summed E-state index contributed by atoms with van der Waals surface area (Å²) in [7, 11) is 0. The third-order valence-corrected chi connectivity index (χ3v) is 7.10. The molecular formula is C21H31N3O3. The van der Waals surface area contributed by atoms with Gasteiger partial charge < -0.3 is 24.5 Å². The molecule has 148 valence electrons. The highest BCUT2D eigenvalue weighted by atomic mass is 16.5. The first-order chi connectivity index (χ1) is 13.4. The molecule has 4 fully saturated rings. The number of furan rings is 1. The Morgan fingerprint density at radius 3 is 2.78 bits per heavy atom. The summed E-state index contributed by atoms with van der Waals surface area (Å²) >= 11 is 0. The molecule has 3 unspecified atom stereocenters. The summed E-state index contributed by atoms with van der Waals surface area (Å²) in [6, 6.07) is 4.91. The molecule has 6 nitrogen and oxygen atoms in total. The summed E-state index contributed by atoms with van der Waals surface area (Å²) in [6.07, 6.45) is 10.2. The number of ether oxygens (including phenoxy) is 2. The summed E-state index contributed by atoms with van der Waals surface area (Å²) in [5.74, 6) is 2.61. The van der Waals surface area contributed by atoms with Crippen LogP contribution in [0.15, 0.2) is 27.8 Å². The number of nitrogens with one attached hydrogen (secondary N) is 2. The summed E-state index contributed by atoms with van der Waals surface area (Å²) in [5, 5.41) is 7.52. The van der Waals surface area contributed by atoms with Crippen LogP contribution < -0.4 is 10.6 Å². The summed E-state index contributed by atoms with van der Waals surface area (Å²) in [4.78, 5) is 4.91. The van der Waals surface area contributed by atoms with E-state index in [4.69, 9.17) is 18.9 Å². The van der Waals surface area contributed by atoms with Gasteiger partial charge in [0.05, 0.1) is 12.4 Å². The molecule has 3 atom stereocenters. The molecule has 0 bridgehead atoms. The monoisotopic (exact) mass is 373 g/mol. The Bertz CT molecular complexity index is 650. The van der Waals surface area contributed by atoms with E-state index in [9.17, 15) is 0 Å². The van der Waals surface area contributed by atoms with Crippen LogP contribution in [-0.4, -0.2) is 50.5 Å². The van der Waals surface area contributed by atoms with Crippen LogP contribution in [0.25, 0.3) is 0 Å². The Morgan fingerprint density at radius 1 is 1.15 bits per heavy atom. The number of hydrogen-bond acceptors (Lipinski definition) is 4. The lowest BCUT2D eigenvalue weighted by molar-refractivity contribution is -0.171. The van der Waals surface area contributed by atoms with Crippen molar-refractivity contribution >= 4 is 5.96 Å². The SMILES string of the molecule is c1coc(CCN=C(NC2CCOCC2)NC2C3CCOC3C23CCC3)c1. The molecule has 2 N–H and O–H groups in total. The van der Waals surface area contributed by atoms with Crippen molar-refractivity contribution in [3.05, 3.63) is 24.2 Å². The van der Waals surface area contributed by atoms with Crippen molar-refractivity contribution in [2.45, 2.75) is 63.1 Å².